The van der Waals surface area contributed by atoms with Crippen molar-refractivity contribution in [3.05, 3.63) is 47.0 Å². The first-order chi connectivity index (χ1) is 11.8. The topological polar surface area (TPSA) is 64.6 Å². The van der Waals surface area contributed by atoms with Gasteiger partial charge in [-0.25, -0.2) is 8.42 Å². The lowest BCUT2D eigenvalue weighted by Gasteiger charge is -2.14. The summed E-state index contributed by atoms with van der Waals surface area (Å²) in [5.41, 5.74) is 1.36. The van der Waals surface area contributed by atoms with Crippen molar-refractivity contribution >= 4 is 27.3 Å². The number of rotatable bonds is 7. The molecule has 0 saturated carbocycles. The number of halogens is 1. The van der Waals surface area contributed by atoms with Gasteiger partial charge >= 0.3 is 0 Å². The molecule has 2 rings (SSSR count). The zero-order chi connectivity index (χ0) is 18.6. The van der Waals surface area contributed by atoms with Gasteiger partial charge < -0.3 is 9.47 Å². The molecule has 0 spiro atoms. The third-order valence-electron chi connectivity index (χ3n) is 3.60. The smallest absolute Gasteiger partial charge is 0.262 e. The Kier molecular flexibility index (Phi) is 6.19. The lowest BCUT2D eigenvalue weighted by atomic mass is 10.0. The third kappa shape index (κ3) is 4.80. The van der Waals surface area contributed by atoms with Crippen LogP contribution in [0, 0.1) is 5.92 Å². The van der Waals surface area contributed by atoms with Crippen LogP contribution >= 0.6 is 11.6 Å². The summed E-state index contributed by atoms with van der Waals surface area (Å²) in [5.74, 6) is 1.17. The minimum absolute atomic E-state index is 0.177. The second-order valence-electron chi connectivity index (χ2n) is 6.03. The molecule has 1 N–H and O–H groups in total. The molecule has 0 saturated heterocycles. The SMILES string of the molecule is COc1cc(NS(=O)(=O)c2ccc(CC(C)C)cc2)c(OC)cc1Cl. The minimum Gasteiger partial charge on any atom is -0.495 e. The van der Waals surface area contributed by atoms with Crippen LogP contribution in [-0.2, 0) is 16.4 Å². The molecular formula is C18H22ClNO4S. The zero-order valence-electron chi connectivity index (χ0n) is 14.7. The number of ether oxygens (including phenoxy) is 2. The quantitative estimate of drug-likeness (QED) is 0.771. The Bertz CT molecular complexity index is 833. The van der Waals surface area contributed by atoms with Gasteiger partial charge in [-0.2, -0.15) is 0 Å². The summed E-state index contributed by atoms with van der Waals surface area (Å²) in [6.07, 6.45) is 0.899. The van der Waals surface area contributed by atoms with Crippen LogP contribution in [0.5, 0.6) is 11.5 Å². The van der Waals surface area contributed by atoms with Crippen molar-refractivity contribution < 1.29 is 17.9 Å². The molecule has 0 aromatic heterocycles. The Morgan fingerprint density at radius 1 is 1.04 bits per heavy atom. The monoisotopic (exact) mass is 383 g/mol. The second-order valence-corrected chi connectivity index (χ2v) is 8.12. The van der Waals surface area contributed by atoms with Gasteiger partial charge in [0.2, 0.25) is 0 Å². The van der Waals surface area contributed by atoms with E-state index in [9.17, 15) is 8.42 Å². The number of sulfonamides is 1. The average Bonchev–Trinajstić information content (AvgIpc) is 2.55. The summed E-state index contributed by atoms with van der Waals surface area (Å²) in [5, 5.41) is 0.334. The molecule has 0 aliphatic carbocycles. The molecule has 136 valence electrons. The number of hydrogen-bond donors (Lipinski definition) is 1. The Labute approximate surface area is 154 Å². The molecule has 0 atom stereocenters. The normalized spacial score (nSPS) is 11.4. The fourth-order valence-corrected chi connectivity index (χ4v) is 3.71. The van der Waals surface area contributed by atoms with Gasteiger partial charge in [0, 0.05) is 12.1 Å². The summed E-state index contributed by atoms with van der Waals surface area (Å²) in [7, 11) is -0.859. The van der Waals surface area contributed by atoms with Crippen molar-refractivity contribution in [1.82, 2.24) is 0 Å². The van der Waals surface area contributed by atoms with E-state index in [1.54, 1.807) is 12.1 Å². The standard InChI is InChI=1S/C18H22ClNO4S/c1-12(2)9-13-5-7-14(8-6-13)25(21,22)20-16-11-17(23-3)15(19)10-18(16)24-4/h5-8,10-12,20H,9H2,1-4H3. The van der Waals surface area contributed by atoms with Crippen molar-refractivity contribution in [1.29, 1.82) is 0 Å². The maximum absolute atomic E-state index is 12.6. The Hall–Kier alpha value is -1.92. The maximum Gasteiger partial charge on any atom is 0.262 e. The van der Waals surface area contributed by atoms with Crippen molar-refractivity contribution in [2.24, 2.45) is 5.92 Å². The molecule has 0 fully saturated rings. The highest BCUT2D eigenvalue weighted by Gasteiger charge is 2.18. The summed E-state index contributed by atoms with van der Waals surface area (Å²) >= 11 is 6.05. The van der Waals surface area contributed by atoms with Gasteiger partial charge in [-0.15, -0.1) is 0 Å². The lowest BCUT2D eigenvalue weighted by molar-refractivity contribution is 0.405. The van der Waals surface area contributed by atoms with Crippen LogP contribution in [0.1, 0.15) is 19.4 Å². The highest BCUT2D eigenvalue weighted by atomic mass is 35.5. The molecule has 0 bridgehead atoms. The van der Waals surface area contributed by atoms with Crippen LogP contribution in [-0.4, -0.2) is 22.6 Å². The van der Waals surface area contributed by atoms with Crippen LogP contribution in [0.25, 0.3) is 0 Å². The fourth-order valence-electron chi connectivity index (χ4n) is 2.42. The number of methoxy groups -OCH3 is 2. The van der Waals surface area contributed by atoms with E-state index in [0.29, 0.717) is 22.4 Å². The Morgan fingerprint density at radius 2 is 1.64 bits per heavy atom. The van der Waals surface area contributed by atoms with Crippen LogP contribution in [0.2, 0.25) is 5.02 Å². The summed E-state index contributed by atoms with van der Waals surface area (Å²) in [6, 6.07) is 9.84. The van der Waals surface area contributed by atoms with Gasteiger partial charge in [-0.1, -0.05) is 37.6 Å². The molecule has 2 aromatic rings. The fraction of sp³-hybridized carbons (Fsp3) is 0.333. The number of benzene rings is 2. The first-order valence-corrected chi connectivity index (χ1v) is 9.66. The molecule has 0 radical (unpaired) electrons. The predicted octanol–water partition coefficient (Wildman–Crippen LogP) is 4.36. The van der Waals surface area contributed by atoms with Gasteiger partial charge in [0.25, 0.3) is 10.0 Å². The van der Waals surface area contributed by atoms with Crippen LogP contribution < -0.4 is 14.2 Å². The van der Waals surface area contributed by atoms with E-state index in [0.717, 1.165) is 12.0 Å². The molecule has 0 unspecified atom stereocenters. The molecule has 25 heavy (non-hydrogen) atoms. The minimum atomic E-state index is -3.76. The van der Waals surface area contributed by atoms with Gasteiger partial charge in [0.1, 0.15) is 11.5 Å². The molecule has 5 nitrogen and oxygen atoms in total. The maximum atomic E-state index is 12.6. The summed E-state index contributed by atoms with van der Waals surface area (Å²) < 4.78 is 38.2. The molecule has 0 aliphatic rings. The number of hydrogen-bond acceptors (Lipinski definition) is 4. The highest BCUT2D eigenvalue weighted by Crippen LogP contribution is 2.36. The van der Waals surface area contributed by atoms with Crippen molar-refractivity contribution in [3.8, 4) is 11.5 Å². The van der Waals surface area contributed by atoms with E-state index >= 15 is 0 Å². The second kappa shape index (κ2) is 7.97. The zero-order valence-corrected chi connectivity index (χ0v) is 16.2. The molecule has 2 aromatic carbocycles. The molecule has 0 heterocycles. The van der Waals surface area contributed by atoms with E-state index in [1.807, 2.05) is 12.1 Å². The molecule has 0 aliphatic heterocycles. The Morgan fingerprint density at radius 3 is 2.16 bits per heavy atom. The largest absolute Gasteiger partial charge is 0.495 e. The summed E-state index contributed by atoms with van der Waals surface area (Å²) in [4.78, 5) is 0.177. The van der Waals surface area contributed by atoms with Crippen molar-refractivity contribution in [3.63, 3.8) is 0 Å². The number of anilines is 1. The van der Waals surface area contributed by atoms with Crippen LogP contribution in [0.3, 0.4) is 0 Å². The van der Waals surface area contributed by atoms with E-state index in [-0.39, 0.29) is 10.6 Å². The van der Waals surface area contributed by atoms with E-state index in [4.69, 9.17) is 21.1 Å². The van der Waals surface area contributed by atoms with Gasteiger partial charge in [-0.3, -0.25) is 4.72 Å². The molecule has 7 heteroatoms. The van der Waals surface area contributed by atoms with Gasteiger partial charge in [-0.05, 0) is 30.0 Å². The predicted molar refractivity (Wildman–Crippen MR) is 100 cm³/mol. The Balaban J connectivity index is 2.32. The number of nitrogens with one attached hydrogen (secondary N) is 1. The van der Waals surface area contributed by atoms with E-state index in [2.05, 4.69) is 18.6 Å². The first kappa shape index (κ1) is 19.4. The highest BCUT2D eigenvalue weighted by molar-refractivity contribution is 7.92. The van der Waals surface area contributed by atoms with Gasteiger partial charge in [0.15, 0.2) is 0 Å². The molecule has 0 amide bonds. The van der Waals surface area contributed by atoms with Crippen molar-refractivity contribution in [2.45, 2.75) is 25.2 Å². The summed E-state index contributed by atoms with van der Waals surface area (Å²) in [6.45, 7) is 4.23. The van der Waals surface area contributed by atoms with Crippen molar-refractivity contribution in [2.75, 3.05) is 18.9 Å². The molecular weight excluding hydrogens is 362 g/mol. The lowest BCUT2D eigenvalue weighted by Crippen LogP contribution is -2.14. The van der Waals surface area contributed by atoms with E-state index in [1.165, 1.54) is 26.4 Å². The third-order valence-corrected chi connectivity index (χ3v) is 5.27. The van der Waals surface area contributed by atoms with Crippen LogP contribution in [0.4, 0.5) is 5.69 Å². The first-order valence-electron chi connectivity index (χ1n) is 7.80. The van der Waals surface area contributed by atoms with E-state index < -0.39 is 10.0 Å². The average molecular weight is 384 g/mol. The van der Waals surface area contributed by atoms with Gasteiger partial charge in [0.05, 0.1) is 29.8 Å². The van der Waals surface area contributed by atoms with Crippen LogP contribution in [0.15, 0.2) is 41.3 Å².